The fourth-order valence-electron chi connectivity index (χ4n) is 1.08. The minimum Gasteiger partial charge on any atom is -0.492 e. The zero-order valence-electron chi connectivity index (χ0n) is 6.51. The molecule has 0 aliphatic heterocycles. The quantitative estimate of drug-likeness (QED) is 0.591. The summed E-state index contributed by atoms with van der Waals surface area (Å²) in [5.41, 5.74) is 6.06. The molecule has 0 unspecified atom stereocenters. The molecule has 0 fully saturated rings. The van der Waals surface area contributed by atoms with Gasteiger partial charge in [0.1, 0.15) is 5.69 Å². The van der Waals surface area contributed by atoms with E-state index in [4.69, 9.17) is 10.8 Å². The molecular weight excluding hydrogens is 172 g/mol. The molecule has 2 aromatic rings. The van der Waals surface area contributed by atoms with Crippen LogP contribution in [0.2, 0.25) is 0 Å². The molecule has 0 amide bonds. The van der Waals surface area contributed by atoms with Crippen LogP contribution in [0.25, 0.3) is 5.65 Å². The van der Waals surface area contributed by atoms with Crippen molar-refractivity contribution in [2.24, 2.45) is 0 Å². The third kappa shape index (κ3) is 1.08. The Hall–Kier alpha value is -2.11. The van der Waals surface area contributed by atoms with Crippen LogP contribution in [-0.2, 0) is 0 Å². The number of hydrogen-bond acceptors (Lipinski definition) is 5. The number of aldehydes is 1. The van der Waals surface area contributed by atoms with Gasteiger partial charge in [-0.25, -0.2) is 4.98 Å². The number of carbonyl (C=O) groups excluding carboxylic acids is 1. The van der Waals surface area contributed by atoms with Crippen molar-refractivity contribution < 1.29 is 9.90 Å². The van der Waals surface area contributed by atoms with Crippen LogP contribution in [0.1, 0.15) is 10.5 Å². The lowest BCUT2D eigenvalue weighted by atomic mass is 10.5. The summed E-state index contributed by atoms with van der Waals surface area (Å²) in [6, 6.07) is 0. The highest BCUT2D eigenvalue weighted by Crippen LogP contribution is 2.14. The van der Waals surface area contributed by atoms with Gasteiger partial charge < -0.3 is 10.8 Å². The van der Waals surface area contributed by atoms with E-state index in [0.717, 1.165) is 0 Å². The zero-order chi connectivity index (χ0) is 9.42. The maximum atomic E-state index is 10.4. The molecule has 0 aromatic carbocycles. The van der Waals surface area contributed by atoms with Crippen molar-refractivity contribution in [3.05, 3.63) is 18.1 Å². The van der Waals surface area contributed by atoms with Crippen molar-refractivity contribution in [1.29, 1.82) is 0 Å². The molecule has 66 valence electrons. The SMILES string of the molecule is Nc1nc(O)cn2cc(C=O)nc12. The normalized spacial score (nSPS) is 10.5. The first-order chi connectivity index (χ1) is 6.20. The smallest absolute Gasteiger partial charge is 0.230 e. The van der Waals surface area contributed by atoms with Gasteiger partial charge in [-0.1, -0.05) is 0 Å². The molecule has 0 spiro atoms. The zero-order valence-corrected chi connectivity index (χ0v) is 6.51. The molecule has 0 aliphatic rings. The van der Waals surface area contributed by atoms with Gasteiger partial charge in [0.15, 0.2) is 17.8 Å². The predicted molar refractivity (Wildman–Crippen MR) is 44.5 cm³/mol. The number of hydrogen-bond donors (Lipinski definition) is 2. The number of aromatic hydroxyl groups is 1. The average molecular weight is 178 g/mol. The van der Waals surface area contributed by atoms with E-state index < -0.39 is 0 Å². The number of carbonyl (C=O) groups is 1. The first-order valence-electron chi connectivity index (χ1n) is 3.50. The van der Waals surface area contributed by atoms with Crippen molar-refractivity contribution in [3.63, 3.8) is 0 Å². The molecule has 6 nitrogen and oxygen atoms in total. The standard InChI is InChI=1S/C7H6N4O2/c8-6-7-9-4(3-12)1-11(7)2-5(13)10-6/h1-3,13H,(H2,8,10). The van der Waals surface area contributed by atoms with Crippen LogP contribution in [0.15, 0.2) is 12.4 Å². The lowest BCUT2D eigenvalue weighted by Crippen LogP contribution is -1.95. The summed E-state index contributed by atoms with van der Waals surface area (Å²) in [5.74, 6) is -0.118. The second-order valence-corrected chi connectivity index (χ2v) is 2.50. The lowest BCUT2D eigenvalue weighted by Gasteiger charge is -1.96. The third-order valence-electron chi connectivity index (χ3n) is 1.59. The van der Waals surface area contributed by atoms with Gasteiger partial charge >= 0.3 is 0 Å². The molecule has 0 saturated carbocycles. The maximum Gasteiger partial charge on any atom is 0.230 e. The molecule has 2 aromatic heterocycles. The Morgan fingerprint density at radius 1 is 1.46 bits per heavy atom. The van der Waals surface area contributed by atoms with Crippen LogP contribution in [-0.4, -0.2) is 25.8 Å². The number of nitrogen functional groups attached to an aromatic ring is 1. The van der Waals surface area contributed by atoms with E-state index >= 15 is 0 Å². The van der Waals surface area contributed by atoms with E-state index in [1.54, 1.807) is 0 Å². The van der Waals surface area contributed by atoms with Crippen molar-refractivity contribution in [1.82, 2.24) is 14.4 Å². The number of nitrogens with two attached hydrogens (primary N) is 1. The molecule has 0 atom stereocenters. The number of rotatable bonds is 1. The van der Waals surface area contributed by atoms with Crippen LogP contribution in [0, 0.1) is 0 Å². The maximum absolute atomic E-state index is 10.4. The molecule has 6 heteroatoms. The largest absolute Gasteiger partial charge is 0.492 e. The molecule has 0 radical (unpaired) electrons. The Morgan fingerprint density at radius 3 is 2.92 bits per heavy atom. The number of fused-ring (bicyclic) bond motifs is 1. The van der Waals surface area contributed by atoms with Crippen molar-refractivity contribution in [2.45, 2.75) is 0 Å². The third-order valence-corrected chi connectivity index (χ3v) is 1.59. The van der Waals surface area contributed by atoms with E-state index in [-0.39, 0.29) is 17.4 Å². The summed E-state index contributed by atoms with van der Waals surface area (Å²) in [6.07, 6.45) is 3.38. The highest BCUT2D eigenvalue weighted by atomic mass is 16.3. The molecule has 2 heterocycles. The van der Waals surface area contributed by atoms with Gasteiger partial charge in [-0.05, 0) is 0 Å². The van der Waals surface area contributed by atoms with Crippen LogP contribution in [0.4, 0.5) is 5.82 Å². The number of nitrogens with zero attached hydrogens (tertiary/aromatic N) is 3. The van der Waals surface area contributed by atoms with E-state index in [1.165, 1.54) is 16.8 Å². The molecular formula is C7H6N4O2. The van der Waals surface area contributed by atoms with Crippen LogP contribution in [0.3, 0.4) is 0 Å². The van der Waals surface area contributed by atoms with Crippen LogP contribution in [0.5, 0.6) is 5.88 Å². The van der Waals surface area contributed by atoms with Gasteiger partial charge in [0, 0.05) is 6.20 Å². The molecule has 3 N–H and O–H groups in total. The van der Waals surface area contributed by atoms with E-state index in [2.05, 4.69) is 9.97 Å². The second-order valence-electron chi connectivity index (χ2n) is 2.50. The van der Waals surface area contributed by atoms with Crippen LogP contribution >= 0.6 is 0 Å². The van der Waals surface area contributed by atoms with E-state index in [1.807, 2.05) is 0 Å². The first kappa shape index (κ1) is 7.53. The molecule has 2 rings (SSSR count). The predicted octanol–water partition coefficient (Wildman–Crippen LogP) is -0.170. The van der Waals surface area contributed by atoms with Crippen molar-refractivity contribution in [2.75, 3.05) is 5.73 Å². The van der Waals surface area contributed by atoms with E-state index in [9.17, 15) is 4.79 Å². The number of imidazole rings is 1. The number of anilines is 1. The molecule has 0 aliphatic carbocycles. The van der Waals surface area contributed by atoms with Gasteiger partial charge in [-0.3, -0.25) is 9.20 Å². The Kier molecular flexibility index (Phi) is 1.42. The van der Waals surface area contributed by atoms with Gasteiger partial charge in [0.05, 0.1) is 6.20 Å². The minimum atomic E-state index is -0.208. The number of aromatic nitrogens is 3. The Balaban J connectivity index is 2.82. The summed E-state index contributed by atoms with van der Waals surface area (Å²) in [7, 11) is 0. The summed E-state index contributed by atoms with van der Waals surface area (Å²) in [5, 5.41) is 9.06. The van der Waals surface area contributed by atoms with Gasteiger partial charge in [0.2, 0.25) is 5.88 Å². The van der Waals surface area contributed by atoms with Crippen molar-refractivity contribution in [3.8, 4) is 5.88 Å². The monoisotopic (exact) mass is 178 g/mol. The van der Waals surface area contributed by atoms with Crippen LogP contribution < -0.4 is 5.73 Å². The highest BCUT2D eigenvalue weighted by Gasteiger charge is 2.06. The first-order valence-corrected chi connectivity index (χ1v) is 3.50. The molecule has 0 saturated heterocycles. The summed E-state index contributed by atoms with van der Waals surface area (Å²) >= 11 is 0. The fraction of sp³-hybridized carbons (Fsp3) is 0. The Bertz CT molecular complexity index is 477. The summed E-state index contributed by atoms with van der Waals surface area (Å²) in [4.78, 5) is 17.8. The molecule has 0 bridgehead atoms. The topological polar surface area (TPSA) is 93.5 Å². The van der Waals surface area contributed by atoms with E-state index in [0.29, 0.717) is 11.9 Å². The molecule has 13 heavy (non-hydrogen) atoms. The van der Waals surface area contributed by atoms with Gasteiger partial charge in [0.25, 0.3) is 0 Å². The van der Waals surface area contributed by atoms with Crippen molar-refractivity contribution >= 4 is 17.8 Å². The average Bonchev–Trinajstić information content (AvgIpc) is 2.47. The summed E-state index contributed by atoms with van der Waals surface area (Å²) in [6.45, 7) is 0. The second kappa shape index (κ2) is 2.44. The minimum absolute atomic E-state index is 0.0908. The lowest BCUT2D eigenvalue weighted by molar-refractivity contribution is 0.111. The van der Waals surface area contributed by atoms with Gasteiger partial charge in [-0.15, -0.1) is 0 Å². The highest BCUT2D eigenvalue weighted by molar-refractivity contribution is 5.75. The van der Waals surface area contributed by atoms with Gasteiger partial charge in [-0.2, -0.15) is 4.98 Å². The Morgan fingerprint density at radius 2 is 2.23 bits per heavy atom. The Labute approximate surface area is 72.6 Å². The fourth-order valence-corrected chi connectivity index (χ4v) is 1.08. The summed E-state index contributed by atoms with van der Waals surface area (Å²) < 4.78 is 1.45.